The van der Waals surface area contributed by atoms with E-state index >= 15 is 0 Å². The van der Waals surface area contributed by atoms with Gasteiger partial charge in [-0.1, -0.05) is 6.08 Å². The Kier molecular flexibility index (Phi) is 3.17. The summed E-state index contributed by atoms with van der Waals surface area (Å²) < 4.78 is 36.8. The van der Waals surface area contributed by atoms with Crippen LogP contribution < -0.4 is 11.4 Å². The molecule has 0 unspecified atom stereocenters. The normalized spacial score (nSPS) is 11.6. The van der Waals surface area contributed by atoms with Gasteiger partial charge < -0.3 is 10.2 Å². The average Bonchev–Trinajstić information content (AvgIpc) is 2.26. The van der Waals surface area contributed by atoms with Gasteiger partial charge >= 0.3 is 5.63 Å². The fraction of sp³-hybridized carbons (Fsp3) is 0.0833. The van der Waals surface area contributed by atoms with E-state index in [1.807, 2.05) is 0 Å². The molecular formula is C12H11NO5S. The lowest BCUT2D eigenvalue weighted by atomic mass is 10.1. The highest BCUT2D eigenvalue weighted by molar-refractivity contribution is 7.86. The highest BCUT2D eigenvalue weighted by atomic mass is 32.2. The Morgan fingerprint density at radius 3 is 2.68 bits per heavy atom. The molecule has 6 nitrogen and oxygen atoms in total. The molecule has 0 aliphatic heterocycles. The Labute approximate surface area is 108 Å². The molecule has 0 spiro atoms. The zero-order valence-electron chi connectivity index (χ0n) is 9.79. The van der Waals surface area contributed by atoms with Gasteiger partial charge in [0.25, 0.3) is 10.1 Å². The summed E-state index contributed by atoms with van der Waals surface area (Å²) in [5, 5.41) is 0.390. The van der Waals surface area contributed by atoms with Gasteiger partial charge in [-0.3, -0.25) is 4.55 Å². The highest BCUT2D eigenvalue weighted by Crippen LogP contribution is 2.29. The maximum Gasteiger partial charge on any atom is 0.336 e. The van der Waals surface area contributed by atoms with Gasteiger partial charge in [0.1, 0.15) is 0 Å². The lowest BCUT2D eigenvalue weighted by Gasteiger charge is -2.08. The molecule has 0 aliphatic rings. The molecule has 0 aliphatic carbocycles. The molecule has 0 saturated carbocycles. The van der Waals surface area contributed by atoms with Gasteiger partial charge in [0.05, 0.1) is 5.69 Å². The molecule has 2 rings (SSSR count). The summed E-state index contributed by atoms with van der Waals surface area (Å²) in [4.78, 5) is 10.9. The van der Waals surface area contributed by atoms with Crippen LogP contribution in [0.25, 0.3) is 11.0 Å². The molecule has 0 saturated heterocycles. The van der Waals surface area contributed by atoms with E-state index in [0.29, 0.717) is 17.4 Å². The molecule has 1 aromatic carbocycles. The van der Waals surface area contributed by atoms with E-state index in [4.69, 9.17) is 10.2 Å². The number of hydrogen-bond acceptors (Lipinski definition) is 5. The van der Waals surface area contributed by atoms with E-state index in [1.165, 1.54) is 18.2 Å². The molecule has 1 aromatic heterocycles. The second-order valence-electron chi connectivity index (χ2n) is 3.92. The first-order chi connectivity index (χ1) is 8.84. The van der Waals surface area contributed by atoms with Crippen molar-refractivity contribution < 1.29 is 17.4 Å². The summed E-state index contributed by atoms with van der Waals surface area (Å²) in [6.07, 6.45) is 1.93. The first-order valence-corrected chi connectivity index (χ1v) is 6.72. The van der Waals surface area contributed by atoms with Crippen LogP contribution in [-0.2, 0) is 16.5 Å². The van der Waals surface area contributed by atoms with Crippen LogP contribution in [0.2, 0.25) is 0 Å². The predicted molar refractivity (Wildman–Crippen MR) is 70.6 cm³/mol. The minimum Gasteiger partial charge on any atom is -0.421 e. The Morgan fingerprint density at radius 1 is 1.42 bits per heavy atom. The largest absolute Gasteiger partial charge is 0.421 e. The van der Waals surface area contributed by atoms with Crippen LogP contribution in [0.3, 0.4) is 0 Å². The summed E-state index contributed by atoms with van der Waals surface area (Å²) >= 11 is 0. The number of fused-ring (bicyclic) bond motifs is 1. The van der Waals surface area contributed by atoms with Crippen molar-refractivity contribution in [1.82, 2.24) is 0 Å². The molecule has 0 bridgehead atoms. The standard InChI is InChI=1S/C12H11NO5S/c1-2-3-7-6-10(14)18-11-8(7)4-5-9(13)12(11)19(15,16)17/h2,4-6H,1,3,13H2,(H,15,16,17). The van der Waals surface area contributed by atoms with E-state index in [0.717, 1.165) is 0 Å². The topological polar surface area (TPSA) is 111 Å². The Bertz CT molecular complexity index is 820. The average molecular weight is 281 g/mol. The van der Waals surface area contributed by atoms with Crippen LogP contribution in [0.4, 0.5) is 5.69 Å². The van der Waals surface area contributed by atoms with Crippen molar-refractivity contribution in [1.29, 1.82) is 0 Å². The molecule has 0 radical (unpaired) electrons. The van der Waals surface area contributed by atoms with Gasteiger partial charge in [-0.25, -0.2) is 4.79 Å². The monoisotopic (exact) mass is 281 g/mol. The van der Waals surface area contributed by atoms with Crippen molar-refractivity contribution in [3.8, 4) is 0 Å². The van der Waals surface area contributed by atoms with Gasteiger partial charge in [0, 0.05) is 11.5 Å². The molecule has 0 amide bonds. The van der Waals surface area contributed by atoms with Gasteiger partial charge in [0.15, 0.2) is 10.5 Å². The molecule has 100 valence electrons. The van der Waals surface area contributed by atoms with Crippen molar-refractivity contribution in [3.05, 3.63) is 46.8 Å². The third kappa shape index (κ3) is 2.38. The summed E-state index contributed by atoms with van der Waals surface area (Å²) in [5.74, 6) is 0. The Morgan fingerprint density at radius 2 is 2.11 bits per heavy atom. The summed E-state index contributed by atoms with van der Waals surface area (Å²) in [7, 11) is -4.59. The highest BCUT2D eigenvalue weighted by Gasteiger charge is 2.21. The van der Waals surface area contributed by atoms with Crippen molar-refractivity contribution >= 4 is 26.8 Å². The van der Waals surface area contributed by atoms with Crippen LogP contribution in [0.5, 0.6) is 0 Å². The number of hydrogen-bond donors (Lipinski definition) is 2. The maximum atomic E-state index is 11.5. The fourth-order valence-corrected chi connectivity index (χ4v) is 2.62. The molecular weight excluding hydrogens is 270 g/mol. The first kappa shape index (κ1) is 13.3. The van der Waals surface area contributed by atoms with Crippen LogP contribution >= 0.6 is 0 Å². The summed E-state index contributed by atoms with van der Waals surface area (Å²) in [5.41, 5.74) is 4.92. The smallest absolute Gasteiger partial charge is 0.336 e. The Hall–Kier alpha value is -2.12. The molecule has 7 heteroatoms. The lowest BCUT2D eigenvalue weighted by molar-refractivity contribution is 0.480. The molecule has 3 N–H and O–H groups in total. The third-order valence-corrected chi connectivity index (χ3v) is 3.54. The number of anilines is 1. The van der Waals surface area contributed by atoms with E-state index in [2.05, 4.69) is 6.58 Å². The molecule has 19 heavy (non-hydrogen) atoms. The summed E-state index contributed by atoms with van der Waals surface area (Å²) in [6, 6.07) is 4.10. The second-order valence-corrected chi connectivity index (χ2v) is 5.28. The number of benzene rings is 1. The van der Waals surface area contributed by atoms with Crippen molar-refractivity contribution in [2.45, 2.75) is 11.3 Å². The quantitative estimate of drug-likeness (QED) is 0.380. The van der Waals surface area contributed by atoms with Gasteiger partial charge in [-0.05, 0) is 24.1 Å². The van der Waals surface area contributed by atoms with Crippen molar-refractivity contribution in [2.75, 3.05) is 5.73 Å². The number of allylic oxidation sites excluding steroid dienone is 1. The molecule has 0 fully saturated rings. The number of nitrogens with two attached hydrogens (primary N) is 1. The minimum atomic E-state index is -4.59. The van der Waals surface area contributed by atoms with E-state index in [1.54, 1.807) is 6.08 Å². The fourth-order valence-electron chi connectivity index (χ4n) is 1.87. The molecule has 1 heterocycles. The second kappa shape index (κ2) is 4.52. The van der Waals surface area contributed by atoms with Gasteiger partial charge in [-0.2, -0.15) is 8.42 Å². The zero-order valence-corrected chi connectivity index (χ0v) is 10.6. The third-order valence-electron chi connectivity index (χ3n) is 2.61. The van der Waals surface area contributed by atoms with E-state index < -0.39 is 20.6 Å². The Balaban J connectivity index is 3.02. The summed E-state index contributed by atoms with van der Waals surface area (Å²) in [6.45, 7) is 3.56. The van der Waals surface area contributed by atoms with Gasteiger partial charge in [-0.15, -0.1) is 6.58 Å². The van der Waals surface area contributed by atoms with Crippen LogP contribution in [0.15, 0.2) is 45.0 Å². The minimum absolute atomic E-state index is 0.186. The number of rotatable bonds is 3. The van der Waals surface area contributed by atoms with Crippen molar-refractivity contribution in [2.24, 2.45) is 0 Å². The lowest BCUT2D eigenvalue weighted by Crippen LogP contribution is -2.08. The predicted octanol–water partition coefficient (Wildman–Crippen LogP) is 1.35. The van der Waals surface area contributed by atoms with E-state index in [-0.39, 0.29) is 11.3 Å². The van der Waals surface area contributed by atoms with Crippen LogP contribution in [0, 0.1) is 0 Å². The SMILES string of the molecule is C=CCc1cc(=O)oc2c(S(=O)(=O)O)c(N)ccc12. The molecule has 2 aromatic rings. The van der Waals surface area contributed by atoms with E-state index in [9.17, 15) is 17.8 Å². The van der Waals surface area contributed by atoms with Crippen molar-refractivity contribution in [3.63, 3.8) is 0 Å². The maximum absolute atomic E-state index is 11.5. The van der Waals surface area contributed by atoms with Crippen LogP contribution in [-0.4, -0.2) is 13.0 Å². The number of nitrogen functional groups attached to an aromatic ring is 1. The zero-order chi connectivity index (χ0) is 14.2. The van der Waals surface area contributed by atoms with Crippen LogP contribution in [0.1, 0.15) is 5.56 Å². The van der Waals surface area contributed by atoms with Gasteiger partial charge in [0.2, 0.25) is 0 Å². The molecule has 0 atom stereocenters. The first-order valence-electron chi connectivity index (χ1n) is 5.28.